The minimum absolute atomic E-state index is 0.0500. The number of carboxylic acid groups (broad SMARTS) is 1. The first-order valence-electron chi connectivity index (χ1n) is 6.26. The van der Waals surface area contributed by atoms with Gasteiger partial charge in [-0.2, -0.15) is 0 Å². The molecule has 1 N–H and O–H groups in total. The number of hydrogen-bond donors (Lipinski definition) is 1. The summed E-state index contributed by atoms with van der Waals surface area (Å²) in [4.78, 5) is 15.3. The SMILES string of the molecule is C=CCC(C)n1c(SCC(=O)O)nc2cc(Cl)c(Cl)cc21. The molecule has 0 saturated carbocycles. The van der Waals surface area contributed by atoms with Crippen molar-refractivity contribution in [3.05, 3.63) is 34.8 Å². The average Bonchev–Trinajstić information content (AvgIpc) is 2.75. The highest BCUT2D eigenvalue weighted by Crippen LogP contribution is 2.33. The van der Waals surface area contributed by atoms with Crippen LogP contribution in [0.3, 0.4) is 0 Å². The van der Waals surface area contributed by atoms with Gasteiger partial charge in [-0.05, 0) is 25.5 Å². The molecule has 0 radical (unpaired) electrons. The van der Waals surface area contributed by atoms with Gasteiger partial charge >= 0.3 is 5.97 Å². The fourth-order valence-electron chi connectivity index (χ4n) is 2.07. The van der Waals surface area contributed by atoms with Crippen molar-refractivity contribution in [2.75, 3.05) is 5.75 Å². The number of hydrogen-bond acceptors (Lipinski definition) is 3. The van der Waals surface area contributed by atoms with E-state index in [1.165, 1.54) is 11.8 Å². The molecule has 1 heterocycles. The van der Waals surface area contributed by atoms with Crippen molar-refractivity contribution in [3.63, 3.8) is 0 Å². The van der Waals surface area contributed by atoms with Gasteiger partial charge in [0.1, 0.15) is 0 Å². The topological polar surface area (TPSA) is 55.1 Å². The maximum Gasteiger partial charge on any atom is 0.313 e. The lowest BCUT2D eigenvalue weighted by atomic mass is 10.2. The highest BCUT2D eigenvalue weighted by molar-refractivity contribution is 7.99. The van der Waals surface area contributed by atoms with Crippen LogP contribution in [0, 0.1) is 0 Å². The second kappa shape index (κ2) is 6.73. The standard InChI is InChI=1S/C14H14Cl2N2O2S/c1-3-4-8(2)18-12-6-10(16)9(15)5-11(12)17-14(18)21-7-13(19)20/h3,5-6,8H,1,4,7H2,2H3,(H,19,20). The third-order valence-electron chi connectivity index (χ3n) is 2.97. The molecule has 0 aliphatic heterocycles. The van der Waals surface area contributed by atoms with Gasteiger partial charge in [0.15, 0.2) is 5.16 Å². The Hall–Kier alpha value is -1.17. The number of rotatable bonds is 6. The van der Waals surface area contributed by atoms with Gasteiger partial charge in [0.25, 0.3) is 0 Å². The lowest BCUT2D eigenvalue weighted by Gasteiger charge is -2.15. The Bertz CT molecular complexity index is 700. The molecule has 0 aliphatic rings. The van der Waals surface area contributed by atoms with Crippen LogP contribution in [-0.2, 0) is 4.79 Å². The van der Waals surface area contributed by atoms with Crippen molar-refractivity contribution in [2.24, 2.45) is 0 Å². The number of thioether (sulfide) groups is 1. The van der Waals surface area contributed by atoms with Crippen molar-refractivity contribution in [1.29, 1.82) is 0 Å². The number of carboxylic acids is 1. The van der Waals surface area contributed by atoms with Crippen LogP contribution in [0.15, 0.2) is 29.9 Å². The van der Waals surface area contributed by atoms with Gasteiger partial charge in [-0.15, -0.1) is 6.58 Å². The van der Waals surface area contributed by atoms with Crippen molar-refractivity contribution < 1.29 is 9.90 Å². The molecule has 21 heavy (non-hydrogen) atoms. The molecule has 0 saturated heterocycles. The first-order chi connectivity index (χ1) is 9.93. The number of fused-ring (bicyclic) bond motifs is 1. The van der Waals surface area contributed by atoms with Gasteiger partial charge in [0, 0.05) is 6.04 Å². The fraction of sp³-hybridized carbons (Fsp3) is 0.286. The summed E-state index contributed by atoms with van der Waals surface area (Å²) in [5.74, 6) is -0.933. The molecular weight excluding hydrogens is 331 g/mol. The lowest BCUT2D eigenvalue weighted by molar-refractivity contribution is -0.133. The number of aliphatic carboxylic acids is 1. The summed E-state index contributed by atoms with van der Waals surface area (Å²) < 4.78 is 1.98. The van der Waals surface area contributed by atoms with E-state index >= 15 is 0 Å². The molecule has 1 aromatic carbocycles. The summed E-state index contributed by atoms with van der Waals surface area (Å²) in [6, 6.07) is 3.55. The van der Waals surface area contributed by atoms with Crippen molar-refractivity contribution in [2.45, 2.75) is 24.5 Å². The van der Waals surface area contributed by atoms with Crippen molar-refractivity contribution in [3.8, 4) is 0 Å². The molecule has 112 valence electrons. The van der Waals surface area contributed by atoms with E-state index in [2.05, 4.69) is 11.6 Å². The Kier molecular flexibility index (Phi) is 5.19. The molecule has 7 heteroatoms. The molecule has 1 unspecified atom stereocenters. The van der Waals surface area contributed by atoms with Crippen LogP contribution in [0.5, 0.6) is 0 Å². The maximum atomic E-state index is 10.8. The zero-order valence-corrected chi connectivity index (χ0v) is 13.7. The van der Waals surface area contributed by atoms with Crippen LogP contribution < -0.4 is 0 Å². The lowest BCUT2D eigenvalue weighted by Crippen LogP contribution is -2.07. The Labute approximate surface area is 136 Å². The van der Waals surface area contributed by atoms with Gasteiger partial charge in [-0.3, -0.25) is 4.79 Å². The second-order valence-electron chi connectivity index (χ2n) is 4.58. The first kappa shape index (κ1) is 16.2. The van der Waals surface area contributed by atoms with Gasteiger partial charge in [-0.25, -0.2) is 4.98 Å². The van der Waals surface area contributed by atoms with E-state index < -0.39 is 5.97 Å². The summed E-state index contributed by atoms with van der Waals surface area (Å²) in [5, 5.41) is 10.4. The highest BCUT2D eigenvalue weighted by atomic mass is 35.5. The van der Waals surface area contributed by atoms with E-state index in [1.54, 1.807) is 12.1 Å². The maximum absolute atomic E-state index is 10.8. The molecule has 2 aromatic rings. The van der Waals surface area contributed by atoms with E-state index in [1.807, 2.05) is 17.6 Å². The summed E-state index contributed by atoms with van der Waals surface area (Å²) in [5.41, 5.74) is 1.54. The molecule has 1 aromatic heterocycles. The second-order valence-corrected chi connectivity index (χ2v) is 6.33. The van der Waals surface area contributed by atoms with Crippen LogP contribution in [0.1, 0.15) is 19.4 Å². The van der Waals surface area contributed by atoms with Crippen LogP contribution in [0.4, 0.5) is 0 Å². The van der Waals surface area contributed by atoms with Crippen molar-refractivity contribution >= 4 is 52.0 Å². The Morgan fingerprint density at radius 1 is 1.52 bits per heavy atom. The largest absolute Gasteiger partial charge is 0.481 e. The quantitative estimate of drug-likeness (QED) is 0.611. The molecule has 0 aliphatic carbocycles. The van der Waals surface area contributed by atoms with Crippen LogP contribution in [-0.4, -0.2) is 26.4 Å². The van der Waals surface area contributed by atoms with E-state index in [0.717, 1.165) is 11.9 Å². The van der Waals surface area contributed by atoms with E-state index in [4.69, 9.17) is 28.3 Å². The molecule has 4 nitrogen and oxygen atoms in total. The van der Waals surface area contributed by atoms with Crippen LogP contribution >= 0.6 is 35.0 Å². The Morgan fingerprint density at radius 3 is 2.81 bits per heavy atom. The smallest absolute Gasteiger partial charge is 0.313 e. The molecule has 0 bridgehead atoms. The van der Waals surface area contributed by atoms with Crippen LogP contribution in [0.25, 0.3) is 11.0 Å². The summed E-state index contributed by atoms with van der Waals surface area (Å²) in [6.07, 6.45) is 2.56. The Balaban J connectivity index is 2.56. The number of halogens is 2. The number of benzene rings is 1. The number of aromatic nitrogens is 2. The number of imidazole rings is 1. The minimum atomic E-state index is -0.883. The third-order valence-corrected chi connectivity index (χ3v) is 4.63. The van der Waals surface area contributed by atoms with Gasteiger partial charge in [-0.1, -0.05) is 41.0 Å². The highest BCUT2D eigenvalue weighted by Gasteiger charge is 2.18. The third kappa shape index (κ3) is 3.54. The van der Waals surface area contributed by atoms with Gasteiger partial charge in [0.2, 0.25) is 0 Å². The van der Waals surface area contributed by atoms with Crippen molar-refractivity contribution in [1.82, 2.24) is 9.55 Å². The molecule has 2 rings (SSSR count). The molecule has 0 amide bonds. The zero-order chi connectivity index (χ0) is 15.6. The number of carbonyl (C=O) groups is 1. The normalized spacial score (nSPS) is 12.5. The zero-order valence-electron chi connectivity index (χ0n) is 11.3. The summed E-state index contributed by atoms with van der Waals surface area (Å²) >= 11 is 13.3. The molecule has 1 atom stereocenters. The first-order valence-corrected chi connectivity index (χ1v) is 8.00. The summed E-state index contributed by atoms with van der Waals surface area (Å²) in [6.45, 7) is 5.77. The number of nitrogens with zero attached hydrogens (tertiary/aromatic N) is 2. The predicted molar refractivity (Wildman–Crippen MR) is 87.6 cm³/mol. The van der Waals surface area contributed by atoms with E-state index in [-0.39, 0.29) is 11.8 Å². The van der Waals surface area contributed by atoms with Gasteiger partial charge < -0.3 is 9.67 Å². The molecule has 0 fully saturated rings. The number of allylic oxidation sites excluding steroid dienone is 1. The summed E-state index contributed by atoms with van der Waals surface area (Å²) in [7, 11) is 0. The van der Waals surface area contributed by atoms with E-state index in [9.17, 15) is 4.79 Å². The fourth-order valence-corrected chi connectivity index (χ4v) is 3.22. The van der Waals surface area contributed by atoms with Gasteiger partial charge in [0.05, 0.1) is 26.8 Å². The monoisotopic (exact) mass is 344 g/mol. The molecular formula is C14H14Cl2N2O2S. The molecule has 0 spiro atoms. The average molecular weight is 345 g/mol. The predicted octanol–water partition coefficient (Wildman–Crippen LogP) is 4.66. The van der Waals surface area contributed by atoms with E-state index in [0.29, 0.717) is 20.7 Å². The Morgan fingerprint density at radius 2 is 2.19 bits per heavy atom. The van der Waals surface area contributed by atoms with Crippen LogP contribution in [0.2, 0.25) is 10.0 Å². The minimum Gasteiger partial charge on any atom is -0.481 e.